The number of aromatic nitrogens is 1. The zero-order valence-electron chi connectivity index (χ0n) is 13.4. The van der Waals surface area contributed by atoms with Gasteiger partial charge >= 0.3 is 11.8 Å². The lowest BCUT2D eigenvalue weighted by Crippen LogP contribution is -2.11. The summed E-state index contributed by atoms with van der Waals surface area (Å²) in [5.74, 6) is 0.288. The third-order valence-electron chi connectivity index (χ3n) is 3.69. The quantitative estimate of drug-likeness (QED) is 0.413. The molecule has 0 amide bonds. The SMILES string of the molecule is O=c1cc(C(F)(F)F)c2ccc(OCc3csc(-c4cccs4)n3)cc2o1. The molecule has 3 aromatic heterocycles. The summed E-state index contributed by atoms with van der Waals surface area (Å²) in [6.45, 7) is 0.149. The Morgan fingerprint density at radius 3 is 2.74 bits per heavy atom. The molecule has 0 saturated carbocycles. The van der Waals surface area contributed by atoms with Crippen molar-refractivity contribution in [1.29, 1.82) is 0 Å². The molecule has 0 bridgehead atoms. The Bertz CT molecular complexity index is 1150. The van der Waals surface area contributed by atoms with Crippen LogP contribution < -0.4 is 10.4 Å². The van der Waals surface area contributed by atoms with Crippen molar-refractivity contribution in [3.63, 3.8) is 0 Å². The molecule has 0 aliphatic rings. The summed E-state index contributed by atoms with van der Waals surface area (Å²) in [6.07, 6.45) is -4.64. The molecule has 27 heavy (non-hydrogen) atoms. The second-order valence-corrected chi connectivity index (χ2v) is 7.35. The molecule has 3 heterocycles. The summed E-state index contributed by atoms with van der Waals surface area (Å²) < 4.78 is 49.7. The lowest BCUT2D eigenvalue weighted by molar-refractivity contribution is -0.136. The number of ether oxygens (including phenoxy) is 1. The first kappa shape index (κ1) is 17.7. The highest BCUT2D eigenvalue weighted by Crippen LogP contribution is 2.35. The smallest absolute Gasteiger partial charge is 0.417 e. The first-order valence-corrected chi connectivity index (χ1v) is 9.42. The topological polar surface area (TPSA) is 52.3 Å². The van der Waals surface area contributed by atoms with Crippen LogP contribution in [0, 0.1) is 0 Å². The fourth-order valence-corrected chi connectivity index (χ4v) is 4.13. The zero-order valence-corrected chi connectivity index (χ0v) is 15.1. The van der Waals surface area contributed by atoms with Gasteiger partial charge in [-0.15, -0.1) is 22.7 Å². The molecule has 0 atom stereocenters. The van der Waals surface area contributed by atoms with Gasteiger partial charge in [-0.3, -0.25) is 0 Å². The van der Waals surface area contributed by atoms with E-state index < -0.39 is 17.4 Å². The third-order valence-corrected chi connectivity index (χ3v) is 5.62. The van der Waals surface area contributed by atoms with Gasteiger partial charge in [-0.05, 0) is 23.6 Å². The summed E-state index contributed by atoms with van der Waals surface area (Å²) in [5.41, 5.74) is -1.56. The molecule has 0 N–H and O–H groups in total. The predicted octanol–water partition coefficient (Wildman–Crippen LogP) is 5.58. The van der Waals surface area contributed by atoms with Crippen LogP contribution in [-0.4, -0.2) is 4.98 Å². The van der Waals surface area contributed by atoms with Crippen molar-refractivity contribution in [2.24, 2.45) is 0 Å². The van der Waals surface area contributed by atoms with E-state index in [1.54, 1.807) is 11.3 Å². The van der Waals surface area contributed by atoms with Crippen molar-refractivity contribution in [1.82, 2.24) is 4.98 Å². The van der Waals surface area contributed by atoms with Gasteiger partial charge in [0.25, 0.3) is 0 Å². The number of hydrogen-bond acceptors (Lipinski definition) is 6. The summed E-state index contributed by atoms with van der Waals surface area (Å²) in [5, 5.41) is 4.51. The Kier molecular flexibility index (Phi) is 4.48. The van der Waals surface area contributed by atoms with E-state index in [4.69, 9.17) is 9.15 Å². The van der Waals surface area contributed by atoms with Crippen molar-refractivity contribution in [2.45, 2.75) is 12.8 Å². The Morgan fingerprint density at radius 2 is 2.00 bits per heavy atom. The van der Waals surface area contributed by atoms with Crippen LogP contribution in [0.2, 0.25) is 0 Å². The zero-order chi connectivity index (χ0) is 19.0. The largest absolute Gasteiger partial charge is 0.487 e. The van der Waals surface area contributed by atoms with Gasteiger partial charge in [-0.1, -0.05) is 6.07 Å². The highest BCUT2D eigenvalue weighted by molar-refractivity contribution is 7.20. The number of fused-ring (bicyclic) bond motifs is 1. The molecular weight excluding hydrogens is 399 g/mol. The number of alkyl halides is 3. The normalized spacial score (nSPS) is 11.8. The van der Waals surface area contributed by atoms with Gasteiger partial charge in [-0.25, -0.2) is 9.78 Å². The van der Waals surface area contributed by atoms with E-state index in [2.05, 4.69) is 4.98 Å². The van der Waals surface area contributed by atoms with Gasteiger partial charge in [0.2, 0.25) is 0 Å². The van der Waals surface area contributed by atoms with Crippen LogP contribution in [0.5, 0.6) is 5.75 Å². The van der Waals surface area contributed by atoms with Crippen molar-refractivity contribution >= 4 is 33.6 Å². The van der Waals surface area contributed by atoms with E-state index >= 15 is 0 Å². The monoisotopic (exact) mass is 409 g/mol. The average molecular weight is 409 g/mol. The highest BCUT2D eigenvalue weighted by atomic mass is 32.1. The van der Waals surface area contributed by atoms with Gasteiger partial charge < -0.3 is 9.15 Å². The Labute approximate surface area is 158 Å². The predicted molar refractivity (Wildman–Crippen MR) is 97.2 cm³/mol. The van der Waals surface area contributed by atoms with Crippen molar-refractivity contribution in [3.05, 3.63) is 68.8 Å². The van der Waals surface area contributed by atoms with Gasteiger partial charge in [0, 0.05) is 22.9 Å². The molecule has 0 saturated heterocycles. The number of benzene rings is 1. The lowest BCUT2D eigenvalue weighted by Gasteiger charge is -2.10. The van der Waals surface area contributed by atoms with E-state index in [-0.39, 0.29) is 23.3 Å². The number of thiazole rings is 1. The van der Waals surface area contributed by atoms with Crippen LogP contribution in [0.1, 0.15) is 11.3 Å². The van der Waals surface area contributed by atoms with Crippen molar-refractivity contribution in [3.8, 4) is 15.6 Å². The third kappa shape index (κ3) is 3.74. The molecule has 0 aliphatic carbocycles. The maximum absolute atomic E-state index is 13.1. The van der Waals surface area contributed by atoms with E-state index in [0.29, 0.717) is 11.8 Å². The molecule has 0 radical (unpaired) electrons. The standard InChI is InChI=1S/C18H10F3NO3S2/c19-18(20,21)13-7-16(23)25-14-6-11(3-4-12(13)14)24-8-10-9-27-17(22-10)15-2-1-5-26-15/h1-7,9H,8H2. The summed E-state index contributed by atoms with van der Waals surface area (Å²) in [4.78, 5) is 17.0. The Hall–Kier alpha value is -2.65. The number of halogens is 3. The average Bonchev–Trinajstić information content (AvgIpc) is 3.29. The highest BCUT2D eigenvalue weighted by Gasteiger charge is 2.33. The van der Waals surface area contributed by atoms with Crippen LogP contribution in [-0.2, 0) is 12.8 Å². The number of thiophene rings is 1. The van der Waals surface area contributed by atoms with Crippen LogP contribution in [0.25, 0.3) is 20.9 Å². The molecule has 0 unspecified atom stereocenters. The molecular formula is C18H10F3NO3S2. The molecule has 9 heteroatoms. The van der Waals surface area contributed by atoms with Crippen LogP contribution in [0.4, 0.5) is 13.2 Å². The second kappa shape index (κ2) is 6.82. The lowest BCUT2D eigenvalue weighted by atomic mass is 10.1. The molecule has 4 rings (SSSR count). The summed E-state index contributed by atoms with van der Waals surface area (Å²) in [7, 11) is 0. The van der Waals surface area contributed by atoms with Crippen LogP contribution in [0.15, 0.2) is 56.4 Å². The fourth-order valence-electron chi connectivity index (χ4n) is 2.51. The first-order valence-electron chi connectivity index (χ1n) is 7.66. The summed E-state index contributed by atoms with van der Waals surface area (Å²) >= 11 is 3.07. The minimum absolute atomic E-state index is 0.149. The molecule has 0 spiro atoms. The minimum atomic E-state index is -4.64. The van der Waals surface area contributed by atoms with Gasteiger partial charge in [0.05, 0.1) is 16.1 Å². The number of hydrogen-bond donors (Lipinski definition) is 0. The van der Waals surface area contributed by atoms with Crippen LogP contribution in [0.3, 0.4) is 0 Å². The van der Waals surface area contributed by atoms with Gasteiger partial charge in [-0.2, -0.15) is 13.2 Å². The molecule has 0 fully saturated rings. The van der Waals surface area contributed by atoms with Gasteiger partial charge in [0.15, 0.2) is 0 Å². The molecule has 1 aromatic carbocycles. The molecule has 0 aliphatic heterocycles. The van der Waals surface area contributed by atoms with E-state index in [9.17, 15) is 18.0 Å². The summed E-state index contributed by atoms with van der Waals surface area (Å²) in [6, 6.07) is 8.27. The van der Waals surface area contributed by atoms with Gasteiger partial charge in [0.1, 0.15) is 22.9 Å². The van der Waals surface area contributed by atoms with E-state index in [0.717, 1.165) is 9.88 Å². The molecule has 4 nitrogen and oxygen atoms in total. The van der Waals surface area contributed by atoms with Crippen molar-refractivity contribution < 1.29 is 22.3 Å². The second-order valence-electron chi connectivity index (χ2n) is 5.54. The first-order chi connectivity index (χ1) is 12.9. The fraction of sp³-hybridized carbons (Fsp3) is 0.111. The Balaban J connectivity index is 1.57. The molecule has 138 valence electrons. The van der Waals surface area contributed by atoms with E-state index in [1.807, 2.05) is 22.9 Å². The minimum Gasteiger partial charge on any atom is -0.487 e. The Morgan fingerprint density at radius 1 is 1.15 bits per heavy atom. The van der Waals surface area contributed by atoms with Crippen LogP contribution >= 0.6 is 22.7 Å². The maximum atomic E-state index is 13.1. The van der Waals surface area contributed by atoms with Crippen molar-refractivity contribution in [2.75, 3.05) is 0 Å². The molecule has 4 aromatic rings. The van der Waals surface area contributed by atoms with E-state index in [1.165, 1.54) is 29.5 Å². The maximum Gasteiger partial charge on any atom is 0.417 e. The number of rotatable bonds is 4. The number of nitrogens with zero attached hydrogens (tertiary/aromatic N) is 1.